The molecule has 29 heavy (non-hydrogen) atoms. The Balaban J connectivity index is 1.69. The first-order valence-corrected chi connectivity index (χ1v) is 9.00. The van der Waals surface area contributed by atoms with E-state index in [9.17, 15) is 14.4 Å². The highest BCUT2D eigenvalue weighted by atomic mass is 16.4. The summed E-state index contributed by atoms with van der Waals surface area (Å²) < 4.78 is 0. The molecule has 5 N–H and O–H groups in total. The molecule has 0 bridgehead atoms. The van der Waals surface area contributed by atoms with Crippen LogP contribution in [0.4, 0.5) is 11.4 Å². The predicted octanol–water partition coefficient (Wildman–Crippen LogP) is 2.36. The van der Waals surface area contributed by atoms with E-state index in [0.29, 0.717) is 23.0 Å². The van der Waals surface area contributed by atoms with Crippen LogP contribution in [-0.2, 0) is 16.0 Å². The molecule has 3 aromatic rings. The van der Waals surface area contributed by atoms with Crippen molar-refractivity contribution in [2.24, 2.45) is 5.73 Å². The number of carbonyl (C=O) groups is 3. The zero-order valence-electron chi connectivity index (χ0n) is 16.1. The van der Waals surface area contributed by atoms with Crippen molar-refractivity contribution in [3.05, 3.63) is 59.8 Å². The number of aromatic nitrogens is 1. The minimum Gasteiger partial charge on any atom is -0.477 e. The Hall–Kier alpha value is -3.65. The van der Waals surface area contributed by atoms with Crippen molar-refractivity contribution in [3.63, 3.8) is 0 Å². The first kappa shape index (κ1) is 20.1. The van der Waals surface area contributed by atoms with Gasteiger partial charge in [-0.1, -0.05) is 12.1 Å². The van der Waals surface area contributed by atoms with Crippen LogP contribution in [-0.4, -0.2) is 41.0 Å². The van der Waals surface area contributed by atoms with Crippen LogP contribution in [0.2, 0.25) is 0 Å². The molecule has 0 aliphatic carbocycles. The number of hydrogen-bond donors (Lipinski definition) is 4. The molecule has 0 aliphatic heterocycles. The van der Waals surface area contributed by atoms with Crippen molar-refractivity contribution in [1.82, 2.24) is 4.98 Å². The Morgan fingerprint density at radius 2 is 1.93 bits per heavy atom. The third kappa shape index (κ3) is 4.61. The maximum Gasteiger partial charge on any atom is 0.352 e. The summed E-state index contributed by atoms with van der Waals surface area (Å²) in [5.74, 6) is -1.49. The van der Waals surface area contributed by atoms with Crippen molar-refractivity contribution in [2.45, 2.75) is 19.4 Å². The number of nitrogens with two attached hydrogens (primary N) is 1. The molecule has 0 aliphatic rings. The second-order valence-corrected chi connectivity index (χ2v) is 6.84. The molecule has 8 heteroatoms. The highest BCUT2D eigenvalue weighted by Crippen LogP contribution is 2.21. The van der Waals surface area contributed by atoms with Crippen molar-refractivity contribution in [3.8, 4) is 0 Å². The average molecular weight is 394 g/mol. The molecule has 1 heterocycles. The van der Waals surface area contributed by atoms with E-state index in [0.717, 1.165) is 11.3 Å². The van der Waals surface area contributed by atoms with Gasteiger partial charge in [0.2, 0.25) is 11.8 Å². The molecule has 2 aromatic carbocycles. The van der Waals surface area contributed by atoms with E-state index in [1.165, 1.54) is 17.9 Å². The third-order valence-electron chi connectivity index (χ3n) is 4.68. The number of carboxylic acids is 1. The van der Waals surface area contributed by atoms with Gasteiger partial charge in [-0.15, -0.1) is 0 Å². The Kier molecular flexibility index (Phi) is 5.65. The van der Waals surface area contributed by atoms with E-state index >= 15 is 0 Å². The Bertz CT molecular complexity index is 1090. The smallest absolute Gasteiger partial charge is 0.352 e. The fraction of sp³-hybridized carbons (Fsp3) is 0.190. The highest BCUT2D eigenvalue weighted by molar-refractivity contribution is 5.99. The maximum absolute atomic E-state index is 12.5. The fourth-order valence-corrected chi connectivity index (χ4v) is 2.98. The lowest BCUT2D eigenvalue weighted by Gasteiger charge is -2.17. The van der Waals surface area contributed by atoms with Gasteiger partial charge in [-0.2, -0.15) is 0 Å². The summed E-state index contributed by atoms with van der Waals surface area (Å²) in [4.78, 5) is 39.4. The number of carboxylic acid groups (broad SMARTS) is 1. The van der Waals surface area contributed by atoms with Crippen LogP contribution in [0.15, 0.2) is 48.5 Å². The number of rotatable bonds is 6. The molecule has 8 nitrogen and oxygen atoms in total. The van der Waals surface area contributed by atoms with Crippen LogP contribution in [0.3, 0.4) is 0 Å². The molecule has 1 aromatic heterocycles. The van der Waals surface area contributed by atoms with Crippen molar-refractivity contribution >= 4 is 40.1 Å². The van der Waals surface area contributed by atoms with Crippen LogP contribution >= 0.6 is 0 Å². The van der Waals surface area contributed by atoms with Gasteiger partial charge in [-0.3, -0.25) is 9.59 Å². The molecular formula is C21H22N4O4. The summed E-state index contributed by atoms with van der Waals surface area (Å²) in [6, 6.07) is 13.1. The molecule has 0 spiro atoms. The van der Waals surface area contributed by atoms with E-state index < -0.39 is 12.0 Å². The monoisotopic (exact) mass is 394 g/mol. The number of aromatic carboxylic acids is 1. The van der Waals surface area contributed by atoms with Gasteiger partial charge in [0, 0.05) is 36.2 Å². The Morgan fingerprint density at radius 3 is 2.62 bits per heavy atom. The molecular weight excluding hydrogens is 372 g/mol. The zero-order chi connectivity index (χ0) is 21.1. The van der Waals surface area contributed by atoms with Crippen LogP contribution < -0.4 is 16.0 Å². The number of nitrogens with zero attached hydrogens (tertiary/aromatic N) is 1. The quantitative estimate of drug-likeness (QED) is 0.510. The van der Waals surface area contributed by atoms with E-state index in [2.05, 4.69) is 10.3 Å². The Labute approximate surface area is 167 Å². The van der Waals surface area contributed by atoms with E-state index in [4.69, 9.17) is 10.8 Å². The zero-order valence-corrected chi connectivity index (χ0v) is 16.1. The molecule has 0 saturated heterocycles. The number of anilines is 2. The summed E-state index contributed by atoms with van der Waals surface area (Å²) in [5, 5.41) is 12.5. The second kappa shape index (κ2) is 8.15. The SMILES string of the molecule is CC(=O)N(C)c1cccc(C[C@H](N)C(=O)Nc2ccc3[nH]c(C(=O)O)cc3c2)c1. The predicted molar refractivity (Wildman–Crippen MR) is 111 cm³/mol. The topological polar surface area (TPSA) is 129 Å². The maximum atomic E-state index is 12.5. The molecule has 0 unspecified atom stereocenters. The number of amides is 2. The number of fused-ring (bicyclic) bond motifs is 1. The average Bonchev–Trinajstić information content (AvgIpc) is 3.11. The molecule has 3 rings (SSSR count). The summed E-state index contributed by atoms with van der Waals surface area (Å²) in [7, 11) is 1.68. The standard InChI is InChI=1S/C21H22N4O4/c1-12(26)25(2)16-5-3-4-13(8-16)9-17(22)20(27)23-15-6-7-18-14(10-15)11-19(24-18)21(28)29/h3-8,10-11,17,24H,9,22H2,1-2H3,(H,23,27)(H,28,29)/t17-/m0/s1. The normalized spacial score (nSPS) is 11.8. The summed E-state index contributed by atoms with van der Waals surface area (Å²) in [6.45, 7) is 1.48. The van der Waals surface area contributed by atoms with Gasteiger partial charge in [-0.05, 0) is 48.4 Å². The van der Waals surface area contributed by atoms with Gasteiger partial charge < -0.3 is 26.0 Å². The number of hydrogen-bond acceptors (Lipinski definition) is 4. The van der Waals surface area contributed by atoms with Gasteiger partial charge in [0.1, 0.15) is 5.69 Å². The van der Waals surface area contributed by atoms with Gasteiger partial charge in [0.25, 0.3) is 0 Å². The van der Waals surface area contributed by atoms with E-state index in [-0.39, 0.29) is 17.5 Å². The number of H-pyrrole nitrogens is 1. The molecule has 150 valence electrons. The highest BCUT2D eigenvalue weighted by Gasteiger charge is 2.16. The van der Waals surface area contributed by atoms with Crippen molar-refractivity contribution < 1.29 is 19.5 Å². The largest absolute Gasteiger partial charge is 0.477 e. The van der Waals surface area contributed by atoms with Gasteiger partial charge >= 0.3 is 5.97 Å². The molecule has 2 amide bonds. The number of nitrogens with one attached hydrogen (secondary N) is 2. The summed E-state index contributed by atoms with van der Waals surface area (Å²) >= 11 is 0. The van der Waals surface area contributed by atoms with E-state index in [1.807, 2.05) is 24.3 Å². The molecule has 0 fully saturated rings. The molecule has 0 radical (unpaired) electrons. The lowest BCUT2D eigenvalue weighted by atomic mass is 10.0. The number of carbonyl (C=O) groups excluding carboxylic acids is 2. The van der Waals surface area contributed by atoms with Crippen molar-refractivity contribution in [2.75, 3.05) is 17.3 Å². The van der Waals surface area contributed by atoms with E-state index in [1.54, 1.807) is 25.2 Å². The van der Waals surface area contributed by atoms with Gasteiger partial charge in [-0.25, -0.2) is 4.79 Å². The lowest BCUT2D eigenvalue weighted by Crippen LogP contribution is -2.37. The van der Waals surface area contributed by atoms with Gasteiger partial charge in [0.05, 0.1) is 6.04 Å². The first-order chi connectivity index (χ1) is 13.7. The number of benzene rings is 2. The van der Waals surface area contributed by atoms with Crippen LogP contribution in [0, 0.1) is 0 Å². The summed E-state index contributed by atoms with van der Waals surface area (Å²) in [5.41, 5.74) is 8.90. The minimum atomic E-state index is -1.05. The Morgan fingerprint density at radius 1 is 1.17 bits per heavy atom. The second-order valence-electron chi connectivity index (χ2n) is 6.84. The first-order valence-electron chi connectivity index (χ1n) is 9.00. The molecule has 0 saturated carbocycles. The van der Waals surface area contributed by atoms with Crippen LogP contribution in [0.5, 0.6) is 0 Å². The van der Waals surface area contributed by atoms with Crippen LogP contribution in [0.1, 0.15) is 23.0 Å². The summed E-state index contributed by atoms with van der Waals surface area (Å²) in [6.07, 6.45) is 0.307. The number of aromatic amines is 1. The van der Waals surface area contributed by atoms with Gasteiger partial charge in [0.15, 0.2) is 0 Å². The molecule has 1 atom stereocenters. The van der Waals surface area contributed by atoms with Crippen LogP contribution in [0.25, 0.3) is 10.9 Å². The third-order valence-corrected chi connectivity index (χ3v) is 4.68. The lowest BCUT2D eigenvalue weighted by molar-refractivity contribution is -0.117. The van der Waals surface area contributed by atoms with Crippen molar-refractivity contribution in [1.29, 1.82) is 0 Å². The minimum absolute atomic E-state index is 0.0792. The fourth-order valence-electron chi connectivity index (χ4n) is 2.98.